The average molecular weight is 380 g/mol. The number of methoxy groups -OCH3 is 2. The Kier molecular flexibility index (Phi) is 5.53. The number of hydrogen-bond acceptors (Lipinski definition) is 4. The molecule has 0 spiro atoms. The smallest absolute Gasteiger partial charge is 0.227 e. The van der Waals surface area contributed by atoms with Crippen molar-refractivity contribution < 1.29 is 14.3 Å². The first-order valence-electron chi connectivity index (χ1n) is 9.99. The normalized spacial score (nSPS) is 20.1. The molecule has 148 valence electrons. The molecule has 0 bridgehead atoms. The minimum atomic E-state index is 0.114. The van der Waals surface area contributed by atoms with Crippen molar-refractivity contribution in [2.45, 2.75) is 31.3 Å². The van der Waals surface area contributed by atoms with Gasteiger partial charge >= 0.3 is 0 Å². The van der Waals surface area contributed by atoms with Gasteiger partial charge in [-0.15, -0.1) is 0 Å². The Balaban J connectivity index is 1.53. The Labute approximate surface area is 166 Å². The number of nitrogens with zero attached hydrogens (tertiary/aromatic N) is 2. The predicted octanol–water partition coefficient (Wildman–Crippen LogP) is 3.29. The number of carbonyl (C=O) groups excluding carboxylic acids is 1. The van der Waals surface area contributed by atoms with Crippen LogP contribution >= 0.6 is 0 Å². The molecule has 28 heavy (non-hydrogen) atoms. The minimum absolute atomic E-state index is 0.114. The van der Waals surface area contributed by atoms with Crippen molar-refractivity contribution >= 4 is 5.91 Å². The summed E-state index contributed by atoms with van der Waals surface area (Å²) in [5.74, 6) is 1.50. The third-order valence-electron chi connectivity index (χ3n) is 5.78. The molecule has 4 rings (SSSR count). The van der Waals surface area contributed by atoms with Crippen LogP contribution in [0.4, 0.5) is 0 Å². The first kappa shape index (κ1) is 18.8. The lowest BCUT2D eigenvalue weighted by Gasteiger charge is -2.42. The Hall–Kier alpha value is -2.53. The molecule has 1 unspecified atom stereocenters. The van der Waals surface area contributed by atoms with E-state index in [1.54, 1.807) is 14.2 Å². The molecule has 2 fully saturated rings. The second kappa shape index (κ2) is 8.23. The van der Waals surface area contributed by atoms with E-state index in [1.165, 1.54) is 18.4 Å². The summed E-state index contributed by atoms with van der Waals surface area (Å²) < 4.78 is 10.7. The van der Waals surface area contributed by atoms with Crippen molar-refractivity contribution in [1.29, 1.82) is 0 Å². The van der Waals surface area contributed by atoms with Crippen LogP contribution in [0.25, 0.3) is 0 Å². The molecule has 0 aromatic heterocycles. The molecule has 1 aliphatic heterocycles. The highest BCUT2D eigenvalue weighted by atomic mass is 16.5. The van der Waals surface area contributed by atoms with E-state index in [2.05, 4.69) is 34.1 Å². The molecule has 0 radical (unpaired) electrons. The fourth-order valence-corrected chi connectivity index (χ4v) is 4.10. The van der Waals surface area contributed by atoms with Gasteiger partial charge in [0, 0.05) is 25.7 Å². The van der Waals surface area contributed by atoms with E-state index in [1.807, 2.05) is 24.3 Å². The third kappa shape index (κ3) is 3.99. The maximum atomic E-state index is 13.2. The second-order valence-corrected chi connectivity index (χ2v) is 7.61. The number of piperazine rings is 1. The van der Waals surface area contributed by atoms with Crippen LogP contribution in [0.2, 0.25) is 0 Å². The number of amides is 1. The molecule has 1 saturated heterocycles. The Bertz CT molecular complexity index is 820. The van der Waals surface area contributed by atoms with Crippen molar-refractivity contribution in [3.63, 3.8) is 0 Å². The number of hydrogen-bond donors (Lipinski definition) is 0. The van der Waals surface area contributed by atoms with Crippen molar-refractivity contribution in [3.05, 3.63) is 59.7 Å². The Morgan fingerprint density at radius 2 is 1.75 bits per heavy atom. The van der Waals surface area contributed by atoms with Gasteiger partial charge in [-0.3, -0.25) is 9.69 Å². The summed E-state index contributed by atoms with van der Waals surface area (Å²) in [6.07, 6.45) is 2.95. The van der Waals surface area contributed by atoms with Gasteiger partial charge in [-0.1, -0.05) is 36.4 Å². The van der Waals surface area contributed by atoms with Gasteiger partial charge in [-0.25, -0.2) is 0 Å². The summed E-state index contributed by atoms with van der Waals surface area (Å²) >= 11 is 0. The zero-order chi connectivity index (χ0) is 19.5. The molecule has 1 atom stereocenters. The van der Waals surface area contributed by atoms with Gasteiger partial charge in [-0.2, -0.15) is 0 Å². The zero-order valence-electron chi connectivity index (χ0n) is 16.6. The van der Waals surface area contributed by atoms with Gasteiger partial charge in [0.2, 0.25) is 5.91 Å². The van der Waals surface area contributed by atoms with Crippen LogP contribution in [-0.4, -0.2) is 55.6 Å². The van der Waals surface area contributed by atoms with Crippen molar-refractivity contribution in [2.75, 3.05) is 33.9 Å². The van der Waals surface area contributed by atoms with Crippen LogP contribution in [0.5, 0.6) is 11.5 Å². The molecule has 1 amide bonds. The first-order valence-corrected chi connectivity index (χ1v) is 9.99. The summed E-state index contributed by atoms with van der Waals surface area (Å²) in [7, 11) is 3.23. The monoisotopic (exact) mass is 380 g/mol. The van der Waals surface area contributed by atoms with Gasteiger partial charge in [0.15, 0.2) is 11.5 Å². The van der Waals surface area contributed by atoms with Crippen molar-refractivity contribution in [2.24, 2.45) is 0 Å². The predicted molar refractivity (Wildman–Crippen MR) is 109 cm³/mol. The number of benzene rings is 2. The fraction of sp³-hybridized carbons (Fsp3) is 0.435. The Morgan fingerprint density at radius 3 is 2.43 bits per heavy atom. The standard InChI is InChI=1S/C23H28N2O3/c1-27-21-11-8-17(14-22(21)28-2)15-23(26)25-13-12-24(19-9-10-19)16-20(25)18-6-4-3-5-7-18/h3-8,11,14,19-20H,9-10,12-13,15-16H2,1-2H3. The van der Waals surface area contributed by atoms with Crippen LogP contribution < -0.4 is 9.47 Å². The lowest BCUT2D eigenvalue weighted by atomic mass is 10.0. The molecule has 2 aromatic carbocycles. The number of carbonyl (C=O) groups is 1. The summed E-state index contributed by atoms with van der Waals surface area (Å²) in [4.78, 5) is 17.8. The average Bonchev–Trinajstić information content (AvgIpc) is 3.59. The van der Waals surface area contributed by atoms with Crippen LogP contribution in [0.3, 0.4) is 0 Å². The molecule has 1 heterocycles. The summed E-state index contributed by atoms with van der Waals surface area (Å²) in [6, 6.07) is 17.0. The molecule has 1 aliphatic carbocycles. The molecular weight excluding hydrogens is 352 g/mol. The highest BCUT2D eigenvalue weighted by molar-refractivity contribution is 5.79. The highest BCUT2D eigenvalue weighted by Gasteiger charge is 2.37. The van der Waals surface area contributed by atoms with E-state index in [0.29, 0.717) is 24.0 Å². The molecule has 5 heteroatoms. The summed E-state index contributed by atoms with van der Waals surface area (Å²) in [6.45, 7) is 2.67. The van der Waals surface area contributed by atoms with E-state index in [-0.39, 0.29) is 11.9 Å². The SMILES string of the molecule is COc1ccc(CC(=O)N2CCN(C3CC3)CC2c2ccccc2)cc1OC. The van der Waals surface area contributed by atoms with Crippen LogP contribution in [0.1, 0.15) is 30.0 Å². The van der Waals surface area contributed by atoms with Crippen LogP contribution in [0, 0.1) is 0 Å². The highest BCUT2D eigenvalue weighted by Crippen LogP contribution is 2.34. The second-order valence-electron chi connectivity index (χ2n) is 7.61. The van der Waals surface area contributed by atoms with Gasteiger partial charge in [0.1, 0.15) is 0 Å². The number of rotatable bonds is 6. The van der Waals surface area contributed by atoms with Gasteiger partial charge in [-0.05, 0) is 36.1 Å². The Morgan fingerprint density at radius 1 is 1.00 bits per heavy atom. The first-order chi connectivity index (χ1) is 13.7. The maximum absolute atomic E-state index is 13.2. The zero-order valence-corrected chi connectivity index (χ0v) is 16.6. The molecule has 0 N–H and O–H groups in total. The van der Waals surface area contributed by atoms with E-state index in [0.717, 1.165) is 25.2 Å². The molecule has 5 nitrogen and oxygen atoms in total. The maximum Gasteiger partial charge on any atom is 0.227 e. The molecule has 2 aliphatic rings. The third-order valence-corrected chi connectivity index (χ3v) is 5.78. The van der Waals surface area contributed by atoms with E-state index < -0.39 is 0 Å². The minimum Gasteiger partial charge on any atom is -0.493 e. The van der Waals surface area contributed by atoms with Gasteiger partial charge in [0.05, 0.1) is 26.7 Å². The molecular formula is C23H28N2O3. The molecule has 2 aromatic rings. The largest absolute Gasteiger partial charge is 0.493 e. The molecule has 1 saturated carbocycles. The van der Waals surface area contributed by atoms with E-state index >= 15 is 0 Å². The fourth-order valence-electron chi connectivity index (χ4n) is 4.10. The topological polar surface area (TPSA) is 42.0 Å². The quantitative estimate of drug-likeness (QED) is 0.771. The van der Waals surface area contributed by atoms with Crippen LogP contribution in [0.15, 0.2) is 48.5 Å². The van der Waals surface area contributed by atoms with Gasteiger partial charge in [0.25, 0.3) is 0 Å². The van der Waals surface area contributed by atoms with E-state index in [9.17, 15) is 4.79 Å². The lowest BCUT2D eigenvalue weighted by Crippen LogP contribution is -2.51. The van der Waals surface area contributed by atoms with Crippen molar-refractivity contribution in [1.82, 2.24) is 9.80 Å². The van der Waals surface area contributed by atoms with Crippen molar-refractivity contribution in [3.8, 4) is 11.5 Å². The van der Waals surface area contributed by atoms with Crippen LogP contribution in [-0.2, 0) is 11.2 Å². The number of ether oxygens (including phenoxy) is 2. The summed E-state index contributed by atoms with van der Waals surface area (Å²) in [5.41, 5.74) is 2.16. The van der Waals surface area contributed by atoms with Gasteiger partial charge < -0.3 is 14.4 Å². The summed E-state index contributed by atoms with van der Waals surface area (Å²) in [5, 5.41) is 0. The van der Waals surface area contributed by atoms with E-state index in [4.69, 9.17) is 9.47 Å². The lowest BCUT2D eigenvalue weighted by molar-refractivity contribution is -0.135.